The minimum Gasteiger partial charge on any atom is -0.408 e. The van der Waals surface area contributed by atoms with Crippen LogP contribution in [0.25, 0.3) is 22.0 Å². The Balaban J connectivity index is 1.47. The molecule has 0 amide bonds. The van der Waals surface area contributed by atoms with Crippen molar-refractivity contribution in [1.82, 2.24) is 20.5 Å². The second kappa shape index (κ2) is 5.83. The van der Waals surface area contributed by atoms with Crippen LogP contribution in [0.15, 0.2) is 68.6 Å². The molecule has 0 radical (unpaired) electrons. The van der Waals surface area contributed by atoms with Crippen molar-refractivity contribution in [3.63, 3.8) is 0 Å². The molecule has 9 heteroatoms. The number of oxazole rings is 1. The number of rotatable bonds is 2. The molecule has 3 heterocycles. The standard InChI is InChI=1S/C19H17N7O2/c1-10-8-21-17(23-13-4-2-11-9-22-26-14(11)7-13)25-19(10,20)12-3-5-16-15(6-12)24-18(27)28-16/h2-9H,20H2,1H3,(H,22,26)(H,24,27)(H2,21,23,25). The van der Waals surface area contributed by atoms with Crippen LogP contribution in [0.3, 0.4) is 0 Å². The minimum atomic E-state index is -0.996. The Kier molecular flexibility index (Phi) is 3.40. The van der Waals surface area contributed by atoms with Gasteiger partial charge in [-0.15, -0.1) is 0 Å². The van der Waals surface area contributed by atoms with E-state index in [1.165, 1.54) is 0 Å². The van der Waals surface area contributed by atoms with Crippen molar-refractivity contribution < 1.29 is 4.42 Å². The van der Waals surface area contributed by atoms with E-state index in [0.29, 0.717) is 17.1 Å². The van der Waals surface area contributed by atoms with Gasteiger partial charge in [-0.1, -0.05) is 6.07 Å². The molecule has 0 spiro atoms. The molecule has 0 aliphatic carbocycles. The summed E-state index contributed by atoms with van der Waals surface area (Å²) < 4.78 is 5.07. The molecule has 1 aliphatic heterocycles. The largest absolute Gasteiger partial charge is 0.417 e. The SMILES string of the molecule is CC1=CN=C(Nc2ccc3cn[nH]c3c2)NC1(N)c1ccc2oc(=O)[nH]c2c1. The number of aromatic amines is 2. The van der Waals surface area contributed by atoms with Gasteiger partial charge in [0.15, 0.2) is 5.58 Å². The van der Waals surface area contributed by atoms with E-state index in [1.807, 2.05) is 31.2 Å². The molecule has 6 N–H and O–H groups in total. The molecule has 0 saturated heterocycles. The molecule has 0 saturated carbocycles. The predicted octanol–water partition coefficient (Wildman–Crippen LogP) is 2.08. The Morgan fingerprint density at radius 2 is 2.07 bits per heavy atom. The van der Waals surface area contributed by atoms with E-state index >= 15 is 0 Å². The average molecular weight is 375 g/mol. The van der Waals surface area contributed by atoms with Crippen LogP contribution >= 0.6 is 0 Å². The number of aromatic nitrogens is 3. The third-order valence-corrected chi connectivity index (χ3v) is 4.90. The highest BCUT2D eigenvalue weighted by molar-refractivity contribution is 5.97. The first-order valence-corrected chi connectivity index (χ1v) is 8.67. The number of nitrogens with one attached hydrogen (secondary N) is 4. The van der Waals surface area contributed by atoms with Gasteiger partial charge in [0.1, 0.15) is 5.66 Å². The summed E-state index contributed by atoms with van der Waals surface area (Å²) in [5.74, 6) is 0.00737. The maximum absolute atomic E-state index is 11.4. The second-order valence-electron chi connectivity index (χ2n) is 6.75. The number of anilines is 1. The highest BCUT2D eigenvalue weighted by atomic mass is 16.4. The van der Waals surface area contributed by atoms with Gasteiger partial charge in [0.25, 0.3) is 0 Å². The Morgan fingerprint density at radius 1 is 1.18 bits per heavy atom. The van der Waals surface area contributed by atoms with Crippen LogP contribution in [-0.2, 0) is 5.66 Å². The van der Waals surface area contributed by atoms with Crippen molar-refractivity contribution in [3.05, 3.63) is 70.5 Å². The fourth-order valence-electron chi connectivity index (χ4n) is 3.29. The molecular formula is C19H17N7O2. The number of nitrogens with two attached hydrogens (primary N) is 1. The summed E-state index contributed by atoms with van der Waals surface area (Å²) in [4.78, 5) is 18.5. The Bertz CT molecular complexity index is 1330. The lowest BCUT2D eigenvalue weighted by molar-refractivity contribution is 0.478. The van der Waals surface area contributed by atoms with E-state index in [-0.39, 0.29) is 0 Å². The van der Waals surface area contributed by atoms with Crippen molar-refractivity contribution in [2.24, 2.45) is 10.7 Å². The highest BCUT2D eigenvalue weighted by Gasteiger charge is 2.33. The lowest BCUT2D eigenvalue weighted by Crippen LogP contribution is -2.57. The number of benzene rings is 2. The lowest BCUT2D eigenvalue weighted by atomic mass is 9.92. The number of nitrogens with zero attached hydrogens (tertiary/aromatic N) is 2. The fraction of sp³-hybridized carbons (Fsp3) is 0.105. The molecular weight excluding hydrogens is 358 g/mol. The normalized spacial score (nSPS) is 19.4. The lowest BCUT2D eigenvalue weighted by Gasteiger charge is -2.35. The number of hydrogen-bond acceptors (Lipinski definition) is 7. The maximum Gasteiger partial charge on any atom is 0.417 e. The molecule has 0 fully saturated rings. The van der Waals surface area contributed by atoms with Gasteiger partial charge in [-0.2, -0.15) is 5.10 Å². The van der Waals surface area contributed by atoms with Crippen LogP contribution < -0.4 is 22.1 Å². The van der Waals surface area contributed by atoms with Gasteiger partial charge < -0.3 is 20.8 Å². The average Bonchev–Trinajstić information content (AvgIpc) is 3.28. The minimum absolute atomic E-state index is 0.481. The fourth-order valence-corrected chi connectivity index (χ4v) is 3.29. The van der Waals surface area contributed by atoms with Crippen LogP contribution in [0.4, 0.5) is 5.69 Å². The summed E-state index contributed by atoms with van der Waals surface area (Å²) in [5.41, 5.74) is 10.1. The number of hydrogen-bond donors (Lipinski definition) is 5. The number of aliphatic imine (C=N–C) groups is 1. The van der Waals surface area contributed by atoms with Gasteiger partial charge in [0, 0.05) is 17.3 Å². The number of fused-ring (bicyclic) bond motifs is 2. The van der Waals surface area contributed by atoms with Gasteiger partial charge in [-0.25, -0.2) is 9.79 Å². The van der Waals surface area contributed by atoms with Crippen molar-refractivity contribution in [1.29, 1.82) is 0 Å². The van der Waals surface area contributed by atoms with Crippen molar-refractivity contribution in [2.75, 3.05) is 5.32 Å². The molecule has 2 aromatic carbocycles. The summed E-state index contributed by atoms with van der Waals surface area (Å²) in [6.07, 6.45) is 3.48. The molecule has 5 rings (SSSR count). The third-order valence-electron chi connectivity index (χ3n) is 4.90. The molecule has 2 aromatic heterocycles. The second-order valence-corrected chi connectivity index (χ2v) is 6.75. The van der Waals surface area contributed by atoms with Crippen LogP contribution in [0.2, 0.25) is 0 Å². The molecule has 1 unspecified atom stereocenters. The summed E-state index contributed by atoms with van der Waals surface area (Å²) >= 11 is 0. The molecule has 0 bridgehead atoms. The Morgan fingerprint density at radius 3 is 2.96 bits per heavy atom. The first kappa shape index (κ1) is 16.3. The van der Waals surface area contributed by atoms with Crippen LogP contribution in [0.1, 0.15) is 12.5 Å². The van der Waals surface area contributed by atoms with Gasteiger partial charge in [0.2, 0.25) is 5.96 Å². The van der Waals surface area contributed by atoms with Crippen LogP contribution in [-0.4, -0.2) is 21.1 Å². The van der Waals surface area contributed by atoms with Crippen LogP contribution in [0, 0.1) is 0 Å². The van der Waals surface area contributed by atoms with E-state index < -0.39 is 11.4 Å². The van der Waals surface area contributed by atoms with Crippen molar-refractivity contribution >= 4 is 33.6 Å². The van der Waals surface area contributed by atoms with Crippen molar-refractivity contribution in [3.8, 4) is 0 Å². The molecule has 1 aliphatic rings. The number of H-pyrrole nitrogens is 2. The third kappa shape index (κ3) is 2.57. The monoisotopic (exact) mass is 375 g/mol. The topological polar surface area (TPSA) is 137 Å². The Hall–Kier alpha value is -3.85. The summed E-state index contributed by atoms with van der Waals surface area (Å²) in [6.45, 7) is 1.90. The predicted molar refractivity (Wildman–Crippen MR) is 107 cm³/mol. The molecule has 28 heavy (non-hydrogen) atoms. The highest BCUT2D eigenvalue weighted by Crippen LogP contribution is 2.28. The van der Waals surface area contributed by atoms with E-state index in [1.54, 1.807) is 24.5 Å². The Labute approximate surface area is 158 Å². The summed E-state index contributed by atoms with van der Waals surface area (Å²) in [6, 6.07) is 11.2. The summed E-state index contributed by atoms with van der Waals surface area (Å²) in [5, 5.41) is 14.5. The molecule has 4 aromatic rings. The first-order valence-electron chi connectivity index (χ1n) is 8.67. The smallest absolute Gasteiger partial charge is 0.408 e. The van der Waals surface area contributed by atoms with E-state index in [0.717, 1.165) is 27.7 Å². The van der Waals surface area contributed by atoms with Crippen molar-refractivity contribution in [2.45, 2.75) is 12.6 Å². The summed E-state index contributed by atoms with van der Waals surface area (Å²) in [7, 11) is 0. The number of guanidine groups is 1. The van der Waals surface area contributed by atoms with Crippen LogP contribution in [0.5, 0.6) is 0 Å². The first-order chi connectivity index (χ1) is 13.5. The zero-order valence-corrected chi connectivity index (χ0v) is 14.9. The molecule has 9 nitrogen and oxygen atoms in total. The molecule has 140 valence electrons. The quantitative estimate of drug-likeness (QED) is 0.364. The van der Waals surface area contributed by atoms with E-state index in [4.69, 9.17) is 10.2 Å². The van der Waals surface area contributed by atoms with Gasteiger partial charge in [0.05, 0.1) is 17.2 Å². The van der Waals surface area contributed by atoms with Gasteiger partial charge in [-0.05, 0) is 48.4 Å². The van der Waals surface area contributed by atoms with E-state index in [9.17, 15) is 4.79 Å². The zero-order valence-electron chi connectivity index (χ0n) is 14.9. The van der Waals surface area contributed by atoms with E-state index in [2.05, 4.69) is 30.8 Å². The zero-order chi connectivity index (χ0) is 19.3. The molecule has 1 atom stereocenters. The van der Waals surface area contributed by atoms with Gasteiger partial charge >= 0.3 is 5.76 Å². The van der Waals surface area contributed by atoms with Gasteiger partial charge in [-0.3, -0.25) is 10.1 Å². The maximum atomic E-state index is 11.4.